The monoisotopic (exact) mass is 422 g/mol. The summed E-state index contributed by atoms with van der Waals surface area (Å²) in [6.07, 6.45) is 5.68. The summed E-state index contributed by atoms with van der Waals surface area (Å²) < 4.78 is 12.9. The highest BCUT2D eigenvalue weighted by atomic mass is 16.5. The Bertz CT molecular complexity index is 1120. The van der Waals surface area contributed by atoms with E-state index in [2.05, 4.69) is 10.1 Å². The van der Waals surface area contributed by atoms with Crippen molar-refractivity contribution in [2.24, 2.45) is 5.92 Å². The first kappa shape index (κ1) is 19.3. The van der Waals surface area contributed by atoms with E-state index in [9.17, 15) is 9.59 Å². The summed E-state index contributed by atoms with van der Waals surface area (Å²) in [5, 5.41) is 14.0. The summed E-state index contributed by atoms with van der Waals surface area (Å²) in [6.45, 7) is 1.02. The molecular weight excluding hydrogens is 400 g/mol. The molecule has 1 aliphatic carbocycles. The van der Waals surface area contributed by atoms with Gasteiger partial charge >= 0.3 is 5.97 Å². The van der Waals surface area contributed by atoms with Crippen molar-refractivity contribution in [2.75, 3.05) is 18.1 Å². The molecule has 1 aliphatic heterocycles. The summed E-state index contributed by atoms with van der Waals surface area (Å²) in [5.41, 5.74) is 1.35. The molecule has 2 aromatic heterocycles. The van der Waals surface area contributed by atoms with Gasteiger partial charge < -0.3 is 19.5 Å². The zero-order chi connectivity index (χ0) is 21.4. The van der Waals surface area contributed by atoms with E-state index in [0.29, 0.717) is 48.3 Å². The van der Waals surface area contributed by atoms with Crippen molar-refractivity contribution < 1.29 is 24.2 Å². The Hall–Kier alpha value is -3.62. The van der Waals surface area contributed by atoms with E-state index in [1.54, 1.807) is 35.5 Å². The van der Waals surface area contributed by atoms with Crippen molar-refractivity contribution in [1.29, 1.82) is 0 Å². The molecule has 2 fully saturated rings. The number of rotatable bonds is 8. The predicted molar refractivity (Wildman–Crippen MR) is 111 cm³/mol. The number of ether oxygens (including phenoxy) is 2. The van der Waals surface area contributed by atoms with Crippen LogP contribution < -0.4 is 14.4 Å². The third-order valence-electron chi connectivity index (χ3n) is 5.45. The first-order valence-electron chi connectivity index (χ1n) is 10.3. The molecule has 1 saturated heterocycles. The third kappa shape index (κ3) is 4.30. The van der Waals surface area contributed by atoms with E-state index < -0.39 is 12.1 Å². The molecule has 2 aliphatic rings. The molecule has 0 radical (unpaired) electrons. The standard InChI is InChI=1S/C22H22N4O5/c27-21(28)12-25-11-15-3-4-16(9-18(15)24-25)26-8-7-19(22(26)29)31-17-5-6-20(23-10-17)30-13-14-1-2-14/h3-6,9-11,14,19H,1-2,7-8,12-13H2,(H,27,28)/t19-/m1/s1. The Labute approximate surface area is 178 Å². The van der Waals surface area contributed by atoms with E-state index in [1.807, 2.05) is 12.1 Å². The van der Waals surface area contributed by atoms with Crippen LogP contribution in [0.3, 0.4) is 0 Å². The van der Waals surface area contributed by atoms with Crippen molar-refractivity contribution in [3.8, 4) is 11.6 Å². The topological polar surface area (TPSA) is 107 Å². The minimum absolute atomic E-state index is 0.127. The van der Waals surface area contributed by atoms with Crippen LogP contribution in [0.15, 0.2) is 42.7 Å². The molecule has 1 aromatic carbocycles. The molecule has 0 spiro atoms. The lowest BCUT2D eigenvalue weighted by Gasteiger charge is -2.17. The Balaban J connectivity index is 1.24. The van der Waals surface area contributed by atoms with Gasteiger partial charge in [-0.05, 0) is 43.0 Å². The molecule has 3 heterocycles. The summed E-state index contributed by atoms with van der Waals surface area (Å²) in [6, 6.07) is 8.99. The molecule has 9 heteroatoms. The van der Waals surface area contributed by atoms with Gasteiger partial charge in [0.1, 0.15) is 12.3 Å². The fourth-order valence-corrected chi connectivity index (χ4v) is 3.64. The first-order chi connectivity index (χ1) is 15.0. The lowest BCUT2D eigenvalue weighted by molar-refractivity contribution is -0.137. The molecule has 160 valence electrons. The summed E-state index contributed by atoms with van der Waals surface area (Å²) in [5.74, 6) is 0.666. The van der Waals surface area contributed by atoms with Crippen molar-refractivity contribution in [2.45, 2.75) is 31.9 Å². The average Bonchev–Trinajstić information content (AvgIpc) is 3.40. The number of aliphatic carboxylic acids is 1. The molecule has 31 heavy (non-hydrogen) atoms. The van der Waals surface area contributed by atoms with Crippen molar-refractivity contribution >= 4 is 28.5 Å². The van der Waals surface area contributed by atoms with Gasteiger partial charge in [-0.2, -0.15) is 5.10 Å². The van der Waals surface area contributed by atoms with Crippen molar-refractivity contribution in [3.63, 3.8) is 0 Å². The van der Waals surface area contributed by atoms with Gasteiger partial charge in [0.05, 0.1) is 18.3 Å². The van der Waals surface area contributed by atoms with Crippen LogP contribution in [0.2, 0.25) is 0 Å². The Morgan fingerprint density at radius 2 is 2.06 bits per heavy atom. The van der Waals surface area contributed by atoms with E-state index in [1.165, 1.54) is 17.5 Å². The molecule has 1 amide bonds. The maximum atomic E-state index is 12.9. The number of hydrogen-bond acceptors (Lipinski definition) is 6. The maximum Gasteiger partial charge on any atom is 0.325 e. The number of aromatic nitrogens is 3. The van der Waals surface area contributed by atoms with Crippen LogP contribution in [0.1, 0.15) is 19.3 Å². The van der Waals surface area contributed by atoms with E-state index in [-0.39, 0.29) is 12.5 Å². The Morgan fingerprint density at radius 1 is 1.19 bits per heavy atom. The number of benzene rings is 1. The highest BCUT2D eigenvalue weighted by molar-refractivity contribution is 6.00. The quantitative estimate of drug-likeness (QED) is 0.594. The minimum Gasteiger partial charge on any atom is -0.480 e. The molecular formula is C22H22N4O5. The van der Waals surface area contributed by atoms with Crippen LogP contribution in [0.4, 0.5) is 5.69 Å². The predicted octanol–water partition coefficient (Wildman–Crippen LogP) is 2.49. The largest absolute Gasteiger partial charge is 0.480 e. The van der Waals surface area contributed by atoms with Crippen LogP contribution in [0, 0.1) is 5.92 Å². The number of carboxylic acids is 1. The molecule has 1 saturated carbocycles. The molecule has 0 bridgehead atoms. The van der Waals surface area contributed by atoms with Crippen molar-refractivity contribution in [1.82, 2.24) is 14.8 Å². The number of carboxylic acid groups (broad SMARTS) is 1. The SMILES string of the molecule is O=C(O)Cn1cc2ccc(N3CC[C@@H](Oc4ccc(OCC5CC5)nc4)C3=O)cc2n1. The number of amides is 1. The summed E-state index contributed by atoms with van der Waals surface area (Å²) in [7, 11) is 0. The summed E-state index contributed by atoms with van der Waals surface area (Å²) >= 11 is 0. The summed E-state index contributed by atoms with van der Waals surface area (Å²) in [4.78, 5) is 29.7. The Morgan fingerprint density at radius 3 is 2.81 bits per heavy atom. The second-order valence-electron chi connectivity index (χ2n) is 7.94. The van der Waals surface area contributed by atoms with Crippen LogP contribution >= 0.6 is 0 Å². The fourth-order valence-electron chi connectivity index (χ4n) is 3.64. The van der Waals surface area contributed by atoms with E-state index >= 15 is 0 Å². The van der Waals surface area contributed by atoms with Gasteiger partial charge in [0.15, 0.2) is 6.10 Å². The lowest BCUT2D eigenvalue weighted by atomic mass is 10.2. The van der Waals surface area contributed by atoms with Crippen LogP contribution in [0.5, 0.6) is 11.6 Å². The van der Waals surface area contributed by atoms with Crippen LogP contribution in [-0.4, -0.2) is 51.0 Å². The zero-order valence-corrected chi connectivity index (χ0v) is 16.8. The second-order valence-corrected chi connectivity index (χ2v) is 7.94. The normalized spacial score (nSPS) is 18.5. The Kier molecular flexibility index (Phi) is 4.93. The zero-order valence-electron chi connectivity index (χ0n) is 16.8. The van der Waals surface area contributed by atoms with Crippen molar-refractivity contribution in [3.05, 3.63) is 42.7 Å². The number of nitrogens with zero attached hydrogens (tertiary/aromatic N) is 4. The fraction of sp³-hybridized carbons (Fsp3) is 0.364. The number of fused-ring (bicyclic) bond motifs is 1. The number of pyridine rings is 1. The van der Waals surface area contributed by atoms with Gasteiger partial charge in [-0.1, -0.05) is 0 Å². The van der Waals surface area contributed by atoms with E-state index in [0.717, 1.165) is 5.39 Å². The van der Waals surface area contributed by atoms with Gasteiger partial charge in [0.2, 0.25) is 5.88 Å². The van der Waals surface area contributed by atoms with E-state index in [4.69, 9.17) is 14.6 Å². The number of anilines is 1. The number of hydrogen-bond donors (Lipinski definition) is 1. The van der Waals surface area contributed by atoms with Gasteiger partial charge in [0.25, 0.3) is 5.91 Å². The minimum atomic E-state index is -0.959. The van der Waals surface area contributed by atoms with Crippen LogP contribution in [0.25, 0.3) is 10.9 Å². The average molecular weight is 422 g/mol. The molecule has 5 rings (SSSR count). The highest BCUT2D eigenvalue weighted by Crippen LogP contribution is 2.30. The van der Waals surface area contributed by atoms with Gasteiger partial charge in [-0.3, -0.25) is 14.3 Å². The number of carbonyl (C=O) groups excluding carboxylic acids is 1. The lowest BCUT2D eigenvalue weighted by Crippen LogP contribution is -2.32. The molecule has 1 atom stereocenters. The van der Waals surface area contributed by atoms with Gasteiger partial charge in [-0.25, -0.2) is 4.98 Å². The molecule has 1 N–H and O–H groups in total. The first-order valence-corrected chi connectivity index (χ1v) is 10.3. The van der Waals surface area contributed by atoms with Gasteiger partial charge in [0, 0.05) is 36.3 Å². The maximum absolute atomic E-state index is 12.9. The van der Waals surface area contributed by atoms with Crippen LogP contribution in [-0.2, 0) is 16.1 Å². The number of carbonyl (C=O) groups is 2. The van der Waals surface area contributed by atoms with Gasteiger partial charge in [-0.15, -0.1) is 0 Å². The smallest absolute Gasteiger partial charge is 0.325 e. The second kappa shape index (κ2) is 7.90. The molecule has 9 nitrogen and oxygen atoms in total. The molecule has 3 aromatic rings. The highest BCUT2D eigenvalue weighted by Gasteiger charge is 2.34. The third-order valence-corrected chi connectivity index (χ3v) is 5.45. The molecule has 0 unspecified atom stereocenters.